The molecule has 0 bridgehead atoms. The van der Waals surface area contributed by atoms with Crippen LogP contribution < -0.4 is 9.64 Å². The second-order valence-electron chi connectivity index (χ2n) is 7.61. The molecule has 0 radical (unpaired) electrons. The Bertz CT molecular complexity index is 997. The van der Waals surface area contributed by atoms with Gasteiger partial charge in [0.1, 0.15) is 17.2 Å². The maximum Gasteiger partial charge on any atom is 0.233 e. The Morgan fingerprint density at radius 3 is 2.07 bits per heavy atom. The number of anilines is 1. The minimum absolute atomic E-state index is 0.0636. The van der Waals surface area contributed by atoms with Crippen LogP contribution in [0.3, 0.4) is 0 Å². The van der Waals surface area contributed by atoms with Gasteiger partial charge in [-0.2, -0.15) is 0 Å². The molecular weight excluding hydrogens is 378 g/mol. The number of hydrogen-bond acceptors (Lipinski definition) is 4. The summed E-state index contributed by atoms with van der Waals surface area (Å²) < 4.78 is 5.23. The predicted molar refractivity (Wildman–Crippen MR) is 116 cm³/mol. The summed E-state index contributed by atoms with van der Waals surface area (Å²) in [5, 5.41) is 19.1. The number of methoxy groups -OCH3 is 1. The summed E-state index contributed by atoms with van der Waals surface area (Å²) in [6.07, 6.45) is 2.51. The van der Waals surface area contributed by atoms with Crippen LogP contribution in [-0.2, 0) is 11.2 Å². The molecule has 154 valence electrons. The lowest BCUT2D eigenvalue weighted by Gasteiger charge is -2.47. The van der Waals surface area contributed by atoms with Crippen molar-refractivity contribution in [2.45, 2.75) is 25.3 Å². The van der Waals surface area contributed by atoms with Gasteiger partial charge in [0.15, 0.2) is 0 Å². The minimum atomic E-state index is -0.103. The number of nitrogens with zero attached hydrogens (tertiary/aromatic N) is 1. The Morgan fingerprint density at radius 2 is 1.47 bits per heavy atom. The number of β-lactam (4-membered cyclic amide) rings is 1. The summed E-state index contributed by atoms with van der Waals surface area (Å²) in [5.41, 5.74) is 3.00. The van der Waals surface area contributed by atoms with E-state index in [-0.39, 0.29) is 29.4 Å². The number of benzene rings is 3. The van der Waals surface area contributed by atoms with Crippen molar-refractivity contribution in [3.05, 3.63) is 83.9 Å². The van der Waals surface area contributed by atoms with E-state index in [9.17, 15) is 15.0 Å². The van der Waals surface area contributed by atoms with Gasteiger partial charge in [0, 0.05) is 5.69 Å². The fourth-order valence-electron chi connectivity index (χ4n) is 4.10. The lowest BCUT2D eigenvalue weighted by molar-refractivity contribution is -0.130. The molecule has 2 N–H and O–H groups in total. The topological polar surface area (TPSA) is 70.0 Å². The van der Waals surface area contributed by atoms with Crippen LogP contribution in [-0.4, -0.2) is 23.2 Å². The fourth-order valence-corrected chi connectivity index (χ4v) is 4.10. The van der Waals surface area contributed by atoms with Crippen LogP contribution in [0.25, 0.3) is 0 Å². The van der Waals surface area contributed by atoms with Crippen LogP contribution in [0.5, 0.6) is 17.2 Å². The summed E-state index contributed by atoms with van der Waals surface area (Å²) in [7, 11) is 1.62. The van der Waals surface area contributed by atoms with E-state index in [1.54, 1.807) is 31.4 Å². The molecule has 3 aromatic rings. The highest BCUT2D eigenvalue weighted by molar-refractivity contribution is 6.03. The van der Waals surface area contributed by atoms with Gasteiger partial charge in [-0.1, -0.05) is 24.3 Å². The minimum Gasteiger partial charge on any atom is -0.508 e. The van der Waals surface area contributed by atoms with E-state index >= 15 is 0 Å². The lowest BCUT2D eigenvalue weighted by Crippen LogP contribution is -2.55. The monoisotopic (exact) mass is 403 g/mol. The first-order valence-corrected chi connectivity index (χ1v) is 10.1. The molecule has 0 spiro atoms. The molecule has 1 fully saturated rings. The van der Waals surface area contributed by atoms with Crippen molar-refractivity contribution < 1.29 is 19.7 Å². The number of hydrogen-bond donors (Lipinski definition) is 2. The molecule has 0 aliphatic carbocycles. The first-order valence-electron chi connectivity index (χ1n) is 10.1. The zero-order valence-corrected chi connectivity index (χ0v) is 16.9. The first kappa shape index (κ1) is 19.8. The van der Waals surface area contributed by atoms with E-state index in [1.165, 1.54) is 0 Å². The van der Waals surface area contributed by atoms with E-state index in [2.05, 4.69) is 0 Å². The molecule has 4 rings (SSSR count). The summed E-state index contributed by atoms with van der Waals surface area (Å²) in [6.45, 7) is 0. The molecule has 1 aliphatic heterocycles. The van der Waals surface area contributed by atoms with E-state index in [0.717, 1.165) is 41.8 Å². The van der Waals surface area contributed by atoms with Crippen LogP contribution in [0.15, 0.2) is 72.8 Å². The van der Waals surface area contributed by atoms with Gasteiger partial charge in [-0.05, 0) is 78.9 Å². The van der Waals surface area contributed by atoms with Crippen molar-refractivity contribution in [3.8, 4) is 17.2 Å². The number of aromatic hydroxyl groups is 2. The number of rotatable bonds is 7. The third kappa shape index (κ3) is 3.96. The smallest absolute Gasteiger partial charge is 0.233 e. The van der Waals surface area contributed by atoms with Gasteiger partial charge >= 0.3 is 0 Å². The average Bonchev–Trinajstić information content (AvgIpc) is 2.77. The maximum absolute atomic E-state index is 13.1. The molecule has 1 saturated heterocycles. The molecule has 3 aromatic carbocycles. The number of aryl methyl sites for hydroxylation is 1. The van der Waals surface area contributed by atoms with Crippen LogP contribution in [0, 0.1) is 5.92 Å². The van der Waals surface area contributed by atoms with Crippen molar-refractivity contribution in [1.29, 1.82) is 0 Å². The van der Waals surface area contributed by atoms with Crippen molar-refractivity contribution in [2.24, 2.45) is 5.92 Å². The largest absolute Gasteiger partial charge is 0.508 e. The van der Waals surface area contributed by atoms with Gasteiger partial charge in [0.05, 0.1) is 19.1 Å². The SMILES string of the molecule is COc1ccc(N2C(=O)[C@H](CCCc3ccc(O)cc3)[C@H]2c2ccc(O)cc2)cc1. The first-order chi connectivity index (χ1) is 14.6. The number of amides is 1. The van der Waals surface area contributed by atoms with Crippen LogP contribution in [0.2, 0.25) is 0 Å². The molecule has 1 heterocycles. The predicted octanol–water partition coefficient (Wildman–Crippen LogP) is 4.83. The van der Waals surface area contributed by atoms with E-state index in [1.807, 2.05) is 53.4 Å². The van der Waals surface area contributed by atoms with Gasteiger partial charge in [0.25, 0.3) is 0 Å². The molecule has 0 saturated carbocycles. The molecule has 1 aliphatic rings. The third-order valence-corrected chi connectivity index (χ3v) is 5.72. The average molecular weight is 403 g/mol. The molecule has 5 heteroatoms. The van der Waals surface area contributed by atoms with E-state index in [0.29, 0.717) is 0 Å². The molecule has 5 nitrogen and oxygen atoms in total. The Labute approximate surface area is 176 Å². The maximum atomic E-state index is 13.1. The highest BCUT2D eigenvalue weighted by Crippen LogP contribution is 2.46. The van der Waals surface area contributed by atoms with Gasteiger partial charge in [-0.15, -0.1) is 0 Å². The van der Waals surface area contributed by atoms with E-state index < -0.39 is 0 Å². The molecule has 0 aromatic heterocycles. The van der Waals surface area contributed by atoms with Gasteiger partial charge in [-0.25, -0.2) is 0 Å². The summed E-state index contributed by atoms with van der Waals surface area (Å²) in [6, 6.07) is 21.8. The zero-order chi connectivity index (χ0) is 21.1. The van der Waals surface area contributed by atoms with Crippen LogP contribution in [0.1, 0.15) is 30.0 Å². The molecule has 30 heavy (non-hydrogen) atoms. The molecular formula is C25H25NO4. The number of phenolic OH excluding ortho intramolecular Hbond substituents is 2. The van der Waals surface area contributed by atoms with Crippen molar-refractivity contribution >= 4 is 11.6 Å². The Morgan fingerprint density at radius 1 is 0.867 bits per heavy atom. The number of phenols is 2. The fraction of sp³-hybridized carbons (Fsp3) is 0.240. The van der Waals surface area contributed by atoms with Crippen molar-refractivity contribution in [2.75, 3.05) is 12.0 Å². The summed E-state index contributed by atoms with van der Waals surface area (Å²) in [4.78, 5) is 14.9. The van der Waals surface area contributed by atoms with E-state index in [4.69, 9.17) is 4.74 Å². The third-order valence-electron chi connectivity index (χ3n) is 5.72. The van der Waals surface area contributed by atoms with Crippen LogP contribution in [0.4, 0.5) is 5.69 Å². The number of ether oxygens (including phenoxy) is 1. The standard InChI is InChI=1S/C25H25NO4/c1-30-22-15-9-19(10-16-22)26-24(18-7-13-21(28)14-8-18)23(25(26)29)4-2-3-17-5-11-20(27)12-6-17/h5-16,23-24,27-28H,2-4H2,1H3/t23-,24-/m1/s1. The Kier molecular flexibility index (Phi) is 5.61. The summed E-state index contributed by atoms with van der Waals surface area (Å²) in [5.74, 6) is 1.23. The normalized spacial score (nSPS) is 18.2. The zero-order valence-electron chi connectivity index (χ0n) is 16.9. The van der Waals surface area contributed by atoms with Gasteiger partial charge < -0.3 is 19.8 Å². The second kappa shape index (κ2) is 8.49. The second-order valence-corrected chi connectivity index (χ2v) is 7.61. The lowest BCUT2D eigenvalue weighted by atomic mass is 9.78. The molecule has 1 amide bonds. The number of carbonyl (C=O) groups is 1. The Hall–Kier alpha value is -3.47. The van der Waals surface area contributed by atoms with Crippen molar-refractivity contribution in [1.82, 2.24) is 0 Å². The Balaban J connectivity index is 1.52. The molecule has 2 atom stereocenters. The quantitative estimate of drug-likeness (QED) is 0.554. The molecule has 0 unspecified atom stereocenters. The van der Waals surface area contributed by atoms with Crippen LogP contribution >= 0.6 is 0 Å². The number of carbonyl (C=O) groups excluding carboxylic acids is 1. The van der Waals surface area contributed by atoms with Gasteiger partial charge in [0.2, 0.25) is 5.91 Å². The summed E-state index contributed by atoms with van der Waals surface area (Å²) >= 11 is 0. The highest BCUT2D eigenvalue weighted by Gasteiger charge is 2.48. The highest BCUT2D eigenvalue weighted by atomic mass is 16.5. The van der Waals surface area contributed by atoms with Crippen molar-refractivity contribution in [3.63, 3.8) is 0 Å². The van der Waals surface area contributed by atoms with Gasteiger partial charge in [-0.3, -0.25) is 4.79 Å².